The molecule has 3 heterocycles. The highest BCUT2D eigenvalue weighted by Gasteiger charge is 2.27. The molecular weight excluding hydrogens is 362 g/mol. The number of hydrogen-bond donors (Lipinski definition) is 1. The third kappa shape index (κ3) is 2.73. The van der Waals surface area contributed by atoms with Gasteiger partial charge in [-0.3, -0.25) is 4.98 Å². The van der Waals surface area contributed by atoms with Crippen molar-refractivity contribution in [1.82, 2.24) is 14.3 Å². The molecule has 1 aliphatic heterocycles. The van der Waals surface area contributed by atoms with Crippen LogP contribution in [-0.4, -0.2) is 43.6 Å². The molecular formula is C17H16F2N4O2S. The van der Waals surface area contributed by atoms with Gasteiger partial charge in [-0.15, -0.1) is 0 Å². The van der Waals surface area contributed by atoms with Crippen LogP contribution >= 0.6 is 0 Å². The minimum atomic E-state index is -4.24. The Morgan fingerprint density at radius 2 is 1.88 bits per heavy atom. The van der Waals surface area contributed by atoms with Gasteiger partial charge in [0.15, 0.2) is 0 Å². The Labute approximate surface area is 149 Å². The molecule has 0 radical (unpaired) electrons. The van der Waals surface area contributed by atoms with Gasteiger partial charge in [0.2, 0.25) is 0 Å². The van der Waals surface area contributed by atoms with E-state index in [2.05, 4.69) is 10.3 Å². The summed E-state index contributed by atoms with van der Waals surface area (Å²) in [4.78, 5) is 5.78. The summed E-state index contributed by atoms with van der Waals surface area (Å²) in [7, 11) is -4.24. The molecule has 1 aromatic carbocycles. The van der Waals surface area contributed by atoms with Gasteiger partial charge >= 0.3 is 0 Å². The van der Waals surface area contributed by atoms with Gasteiger partial charge < -0.3 is 10.2 Å². The molecule has 6 nitrogen and oxygen atoms in total. The van der Waals surface area contributed by atoms with E-state index < -0.39 is 26.6 Å². The Morgan fingerprint density at radius 1 is 1.12 bits per heavy atom. The number of halogens is 2. The van der Waals surface area contributed by atoms with Crippen molar-refractivity contribution in [2.24, 2.45) is 0 Å². The zero-order valence-electron chi connectivity index (χ0n) is 13.7. The Bertz CT molecular complexity index is 1080. The van der Waals surface area contributed by atoms with E-state index in [4.69, 9.17) is 0 Å². The van der Waals surface area contributed by atoms with E-state index >= 15 is 0 Å². The van der Waals surface area contributed by atoms with Crippen LogP contribution in [0.25, 0.3) is 11.0 Å². The number of benzene rings is 1. The number of rotatable bonds is 3. The molecule has 0 unspecified atom stereocenters. The Hall–Kier alpha value is -2.52. The van der Waals surface area contributed by atoms with E-state index in [-0.39, 0.29) is 0 Å². The summed E-state index contributed by atoms with van der Waals surface area (Å²) in [5.41, 5.74) is 1.55. The normalized spacial score (nSPS) is 15.5. The summed E-state index contributed by atoms with van der Waals surface area (Å²) in [6, 6.07) is 5.67. The molecule has 9 heteroatoms. The molecule has 136 valence electrons. The van der Waals surface area contributed by atoms with E-state index in [9.17, 15) is 17.2 Å². The summed E-state index contributed by atoms with van der Waals surface area (Å²) in [5.74, 6) is -1.96. The third-order valence-corrected chi connectivity index (χ3v) is 6.10. The summed E-state index contributed by atoms with van der Waals surface area (Å²) in [6.07, 6.45) is 3.05. The van der Waals surface area contributed by atoms with Gasteiger partial charge in [-0.25, -0.2) is 21.2 Å². The fourth-order valence-corrected chi connectivity index (χ4v) is 4.54. The summed E-state index contributed by atoms with van der Waals surface area (Å²) in [6.45, 7) is 2.97. The Balaban J connectivity index is 1.91. The second kappa shape index (κ2) is 6.33. The van der Waals surface area contributed by atoms with Crippen LogP contribution in [0.1, 0.15) is 0 Å². The van der Waals surface area contributed by atoms with E-state index in [1.165, 1.54) is 6.20 Å². The molecule has 0 spiro atoms. The van der Waals surface area contributed by atoms with Gasteiger partial charge in [0.05, 0.1) is 11.2 Å². The molecule has 1 N–H and O–H groups in total. The number of piperazine rings is 1. The van der Waals surface area contributed by atoms with Crippen molar-refractivity contribution < 1.29 is 17.2 Å². The maximum Gasteiger partial charge on any atom is 0.271 e. The highest BCUT2D eigenvalue weighted by molar-refractivity contribution is 7.90. The molecule has 0 aliphatic carbocycles. The maximum atomic E-state index is 14.1. The lowest BCUT2D eigenvalue weighted by molar-refractivity contribution is 0.546. The van der Waals surface area contributed by atoms with Crippen molar-refractivity contribution in [3.63, 3.8) is 0 Å². The van der Waals surface area contributed by atoms with E-state index in [1.54, 1.807) is 18.3 Å². The van der Waals surface area contributed by atoms with Crippen LogP contribution in [0.5, 0.6) is 0 Å². The fourth-order valence-electron chi connectivity index (χ4n) is 3.14. The van der Waals surface area contributed by atoms with Crippen LogP contribution in [-0.2, 0) is 10.0 Å². The lowest BCUT2D eigenvalue weighted by atomic mass is 10.3. The molecule has 0 atom stereocenters. The highest BCUT2D eigenvalue weighted by atomic mass is 32.2. The van der Waals surface area contributed by atoms with Crippen molar-refractivity contribution in [3.8, 4) is 0 Å². The van der Waals surface area contributed by atoms with Crippen molar-refractivity contribution in [3.05, 3.63) is 54.4 Å². The van der Waals surface area contributed by atoms with Crippen LogP contribution in [0.2, 0.25) is 0 Å². The smallest absolute Gasteiger partial charge is 0.271 e. The molecule has 0 bridgehead atoms. The number of nitrogens with zero attached hydrogens (tertiary/aromatic N) is 3. The van der Waals surface area contributed by atoms with E-state index in [1.807, 2.05) is 4.90 Å². The zero-order valence-corrected chi connectivity index (χ0v) is 14.5. The first-order chi connectivity index (χ1) is 12.5. The first kappa shape index (κ1) is 16.9. The first-order valence-corrected chi connectivity index (χ1v) is 9.55. The highest BCUT2D eigenvalue weighted by Crippen LogP contribution is 2.31. The van der Waals surface area contributed by atoms with Crippen LogP contribution < -0.4 is 10.2 Å². The number of aromatic nitrogens is 2. The molecule has 3 aromatic rings. The van der Waals surface area contributed by atoms with Gasteiger partial charge in [0, 0.05) is 44.6 Å². The first-order valence-electron chi connectivity index (χ1n) is 8.11. The lowest BCUT2D eigenvalue weighted by Gasteiger charge is -2.28. The Kier molecular flexibility index (Phi) is 4.12. The zero-order chi connectivity index (χ0) is 18.3. The van der Waals surface area contributed by atoms with Crippen LogP contribution in [0.4, 0.5) is 14.5 Å². The number of anilines is 1. The second-order valence-corrected chi connectivity index (χ2v) is 7.78. The topological polar surface area (TPSA) is 67.2 Å². The summed E-state index contributed by atoms with van der Waals surface area (Å²) in [5, 5.41) is 3.24. The van der Waals surface area contributed by atoms with E-state index in [0.717, 1.165) is 29.2 Å². The second-order valence-electron chi connectivity index (χ2n) is 6.00. The van der Waals surface area contributed by atoms with E-state index in [0.29, 0.717) is 35.9 Å². The lowest BCUT2D eigenvalue weighted by Crippen LogP contribution is -2.43. The average Bonchev–Trinajstić information content (AvgIpc) is 3.02. The van der Waals surface area contributed by atoms with Gasteiger partial charge in [-0.2, -0.15) is 0 Å². The fraction of sp³-hybridized carbons (Fsp3) is 0.235. The number of hydrogen-bond acceptors (Lipinski definition) is 5. The van der Waals surface area contributed by atoms with Crippen LogP contribution in [0, 0.1) is 11.6 Å². The van der Waals surface area contributed by atoms with Gasteiger partial charge in [-0.05, 0) is 24.3 Å². The third-order valence-electron chi connectivity index (χ3n) is 4.39. The van der Waals surface area contributed by atoms with Crippen molar-refractivity contribution >= 4 is 26.7 Å². The quantitative estimate of drug-likeness (QED) is 0.755. The van der Waals surface area contributed by atoms with Crippen molar-refractivity contribution in [2.75, 3.05) is 31.1 Å². The minimum absolute atomic E-state index is 0.352. The molecule has 1 aliphatic rings. The van der Waals surface area contributed by atoms with Crippen molar-refractivity contribution in [2.45, 2.75) is 4.90 Å². The van der Waals surface area contributed by atoms with Crippen LogP contribution in [0.3, 0.4) is 0 Å². The molecule has 1 saturated heterocycles. The SMILES string of the molecule is O=S(=O)(c1ccc(F)cc1F)n1cc(N2CCNCC2)c2ncccc21. The molecule has 2 aromatic heterocycles. The monoisotopic (exact) mass is 378 g/mol. The number of pyridine rings is 1. The summed E-state index contributed by atoms with van der Waals surface area (Å²) >= 11 is 0. The molecule has 1 fully saturated rings. The van der Waals surface area contributed by atoms with Crippen LogP contribution in [0.15, 0.2) is 47.6 Å². The predicted octanol–water partition coefficient (Wildman–Crippen LogP) is 1.96. The Morgan fingerprint density at radius 3 is 2.62 bits per heavy atom. The molecule has 0 saturated carbocycles. The van der Waals surface area contributed by atoms with Gasteiger partial charge in [0.1, 0.15) is 22.0 Å². The van der Waals surface area contributed by atoms with Gasteiger partial charge in [0.25, 0.3) is 10.0 Å². The van der Waals surface area contributed by atoms with Gasteiger partial charge in [-0.1, -0.05) is 0 Å². The minimum Gasteiger partial charge on any atom is -0.366 e. The number of nitrogens with one attached hydrogen (secondary N) is 1. The maximum absolute atomic E-state index is 14.1. The molecule has 26 heavy (non-hydrogen) atoms. The van der Waals surface area contributed by atoms with Crippen molar-refractivity contribution in [1.29, 1.82) is 0 Å². The standard InChI is InChI=1S/C17H16F2N4O2S/c18-12-3-4-16(13(19)10-12)26(24,25)23-11-15(22-8-6-20-7-9-22)17-14(23)2-1-5-21-17/h1-5,10-11,20H,6-9H2. The summed E-state index contributed by atoms with van der Waals surface area (Å²) < 4.78 is 54.4. The molecule has 0 amide bonds. The largest absolute Gasteiger partial charge is 0.366 e. The molecule has 4 rings (SSSR count). The predicted molar refractivity (Wildman–Crippen MR) is 93.8 cm³/mol. The number of fused-ring (bicyclic) bond motifs is 1. The average molecular weight is 378 g/mol.